The Morgan fingerprint density at radius 3 is 2.38 bits per heavy atom. The van der Waals surface area contributed by atoms with E-state index in [1.54, 1.807) is 13.2 Å². The highest BCUT2D eigenvalue weighted by Crippen LogP contribution is 2.29. The Labute approximate surface area is 231 Å². The van der Waals surface area contributed by atoms with E-state index in [2.05, 4.69) is 27.8 Å². The van der Waals surface area contributed by atoms with Gasteiger partial charge in [0, 0.05) is 31.6 Å². The Morgan fingerprint density at radius 2 is 1.65 bits per heavy atom. The van der Waals surface area contributed by atoms with E-state index in [-0.39, 0.29) is 41.9 Å². The Morgan fingerprint density at radius 1 is 0.946 bits per heavy atom. The number of fused-ring (bicyclic) bond motifs is 1. The Kier molecular flexibility index (Phi) is 11.4. The number of rotatable bonds is 11. The Hall–Kier alpha value is -2.63. The SMILES string of the molecule is COc1ccccc1CNCc1ccc(CCNC(O)(O)Cc2ccc(O)c3[nH]c(=O)sc23)cc1.Cl.Cl. The third-order valence-corrected chi connectivity index (χ3v) is 6.72. The summed E-state index contributed by atoms with van der Waals surface area (Å²) in [5, 5.41) is 37.0. The average Bonchev–Trinajstić information content (AvgIpc) is 3.25. The molecule has 0 aliphatic heterocycles. The molecule has 1 heterocycles. The molecule has 0 unspecified atom stereocenters. The van der Waals surface area contributed by atoms with Gasteiger partial charge >= 0.3 is 4.87 Å². The number of ether oxygens (including phenoxy) is 1. The van der Waals surface area contributed by atoms with Gasteiger partial charge in [-0.15, -0.1) is 24.8 Å². The fourth-order valence-electron chi connectivity index (χ4n) is 3.96. The highest BCUT2D eigenvalue weighted by molar-refractivity contribution is 7.16. The number of benzene rings is 3. The minimum atomic E-state index is -2.15. The van der Waals surface area contributed by atoms with Gasteiger partial charge in [-0.25, -0.2) is 0 Å². The number of methoxy groups -OCH3 is 1. The smallest absolute Gasteiger partial charge is 0.305 e. The van der Waals surface area contributed by atoms with Gasteiger partial charge in [-0.1, -0.05) is 59.9 Å². The normalized spacial score (nSPS) is 11.1. The van der Waals surface area contributed by atoms with Gasteiger partial charge in [-0.3, -0.25) is 10.1 Å². The van der Waals surface area contributed by atoms with E-state index in [0.29, 0.717) is 35.3 Å². The van der Waals surface area contributed by atoms with E-state index in [4.69, 9.17) is 4.74 Å². The van der Waals surface area contributed by atoms with Crippen molar-refractivity contribution in [2.24, 2.45) is 0 Å². The van der Waals surface area contributed by atoms with Gasteiger partial charge in [0.2, 0.25) is 5.91 Å². The molecule has 0 saturated carbocycles. The molecule has 0 aliphatic carbocycles. The molecule has 1 aromatic heterocycles. The van der Waals surface area contributed by atoms with Crippen molar-refractivity contribution in [2.75, 3.05) is 13.7 Å². The molecule has 37 heavy (non-hydrogen) atoms. The number of aliphatic hydroxyl groups is 2. The number of halogens is 2. The fourth-order valence-corrected chi connectivity index (χ4v) is 4.83. The summed E-state index contributed by atoms with van der Waals surface area (Å²) in [6.45, 7) is 1.78. The highest BCUT2D eigenvalue weighted by Gasteiger charge is 2.25. The van der Waals surface area contributed by atoms with Crippen LogP contribution in [0.1, 0.15) is 22.3 Å². The molecule has 0 amide bonds. The molecule has 0 atom stereocenters. The molecular weight excluding hydrogens is 537 g/mol. The Bertz CT molecular complexity index is 1340. The molecule has 0 aliphatic rings. The summed E-state index contributed by atoms with van der Waals surface area (Å²) in [6, 6.07) is 19.1. The molecule has 4 aromatic rings. The summed E-state index contributed by atoms with van der Waals surface area (Å²) in [4.78, 5) is 13.9. The van der Waals surface area contributed by atoms with Gasteiger partial charge in [0.15, 0.2) is 0 Å². The maximum Gasteiger partial charge on any atom is 0.305 e. The topological polar surface area (TPSA) is 127 Å². The molecule has 11 heteroatoms. The predicted octanol–water partition coefficient (Wildman–Crippen LogP) is 3.45. The maximum absolute atomic E-state index is 11.7. The lowest BCUT2D eigenvalue weighted by Gasteiger charge is -2.23. The number of aromatic hydroxyl groups is 1. The molecule has 200 valence electrons. The van der Waals surface area contributed by atoms with Crippen molar-refractivity contribution in [1.82, 2.24) is 15.6 Å². The van der Waals surface area contributed by atoms with Gasteiger partial charge in [-0.05, 0) is 35.2 Å². The van der Waals surface area contributed by atoms with E-state index in [1.807, 2.05) is 36.4 Å². The van der Waals surface area contributed by atoms with Crippen LogP contribution in [0.3, 0.4) is 0 Å². The summed E-state index contributed by atoms with van der Waals surface area (Å²) in [6.07, 6.45) is 0.481. The first kappa shape index (κ1) is 30.6. The number of hydrogen-bond donors (Lipinski definition) is 6. The van der Waals surface area contributed by atoms with Crippen LogP contribution in [0.2, 0.25) is 0 Å². The third-order valence-electron chi connectivity index (χ3n) is 5.76. The molecule has 0 spiro atoms. The van der Waals surface area contributed by atoms with Gasteiger partial charge < -0.3 is 30.4 Å². The summed E-state index contributed by atoms with van der Waals surface area (Å²) in [5.41, 5.74) is 4.19. The minimum Gasteiger partial charge on any atom is -0.506 e. The molecule has 4 rings (SSSR count). The van der Waals surface area contributed by atoms with E-state index < -0.39 is 5.91 Å². The zero-order valence-electron chi connectivity index (χ0n) is 20.2. The fraction of sp³-hybridized carbons (Fsp3) is 0.269. The number of para-hydroxylation sites is 1. The van der Waals surface area contributed by atoms with Crippen LogP contribution in [0.15, 0.2) is 65.5 Å². The van der Waals surface area contributed by atoms with Crippen LogP contribution in [-0.2, 0) is 25.9 Å². The zero-order valence-corrected chi connectivity index (χ0v) is 22.6. The average molecular weight is 569 g/mol. The summed E-state index contributed by atoms with van der Waals surface area (Å²) in [5.74, 6) is -1.33. The largest absolute Gasteiger partial charge is 0.506 e. The van der Waals surface area contributed by atoms with E-state index in [0.717, 1.165) is 40.3 Å². The molecule has 0 fully saturated rings. The highest BCUT2D eigenvalue weighted by atomic mass is 35.5. The monoisotopic (exact) mass is 567 g/mol. The van der Waals surface area contributed by atoms with Gasteiger partial charge in [0.05, 0.1) is 11.8 Å². The second-order valence-corrected chi connectivity index (χ2v) is 9.35. The molecule has 0 saturated heterocycles. The van der Waals surface area contributed by atoms with Crippen LogP contribution in [0.4, 0.5) is 0 Å². The third kappa shape index (κ3) is 8.18. The lowest BCUT2D eigenvalue weighted by molar-refractivity contribution is -0.183. The van der Waals surface area contributed by atoms with Crippen molar-refractivity contribution in [3.05, 3.63) is 92.6 Å². The van der Waals surface area contributed by atoms with Crippen LogP contribution in [0.5, 0.6) is 11.5 Å². The second kappa shape index (κ2) is 13.8. The maximum atomic E-state index is 11.7. The first-order chi connectivity index (χ1) is 16.8. The summed E-state index contributed by atoms with van der Waals surface area (Å²) in [7, 11) is 1.67. The number of phenolic OH excluding ortho intramolecular Hbond substituents is 1. The van der Waals surface area contributed by atoms with Crippen molar-refractivity contribution in [3.8, 4) is 11.5 Å². The van der Waals surface area contributed by atoms with Gasteiger partial charge in [0.25, 0.3) is 0 Å². The Balaban J connectivity index is 0.00000241. The molecular formula is C26H31Cl2N3O5S. The number of aromatic amines is 1. The van der Waals surface area contributed by atoms with Crippen molar-refractivity contribution >= 4 is 46.4 Å². The number of H-pyrrole nitrogens is 1. The van der Waals surface area contributed by atoms with E-state index in [1.165, 1.54) is 6.07 Å². The number of phenols is 1. The first-order valence-corrected chi connectivity index (χ1v) is 12.1. The number of hydrogen-bond acceptors (Lipinski definition) is 8. The minimum absolute atomic E-state index is 0. The van der Waals surface area contributed by atoms with Crippen LogP contribution < -0.4 is 20.2 Å². The van der Waals surface area contributed by atoms with Crippen molar-refractivity contribution in [1.29, 1.82) is 0 Å². The van der Waals surface area contributed by atoms with Gasteiger partial charge in [0.1, 0.15) is 17.0 Å². The summed E-state index contributed by atoms with van der Waals surface area (Å²) >= 11 is 0.929. The summed E-state index contributed by atoms with van der Waals surface area (Å²) < 4.78 is 5.89. The van der Waals surface area contributed by atoms with Crippen LogP contribution in [0, 0.1) is 0 Å². The van der Waals surface area contributed by atoms with Crippen LogP contribution in [-0.4, -0.2) is 39.9 Å². The molecule has 8 nitrogen and oxygen atoms in total. The molecule has 3 aromatic carbocycles. The van der Waals surface area contributed by atoms with E-state index >= 15 is 0 Å². The number of nitrogens with one attached hydrogen (secondary N) is 3. The van der Waals surface area contributed by atoms with Crippen molar-refractivity contribution in [2.45, 2.75) is 31.8 Å². The lowest BCUT2D eigenvalue weighted by atomic mass is 10.1. The zero-order chi connectivity index (χ0) is 24.8. The number of thiazole rings is 1. The van der Waals surface area contributed by atoms with Gasteiger partial charge in [-0.2, -0.15) is 0 Å². The first-order valence-electron chi connectivity index (χ1n) is 11.3. The van der Waals surface area contributed by atoms with Crippen molar-refractivity contribution < 1.29 is 20.1 Å². The number of aromatic nitrogens is 1. The molecule has 0 radical (unpaired) electrons. The second-order valence-electron chi connectivity index (χ2n) is 8.36. The van der Waals surface area contributed by atoms with Crippen LogP contribution >= 0.6 is 36.2 Å². The standard InChI is InChI=1S/C26H29N3O5S.2ClH/c1-34-22-5-3-2-4-20(22)16-27-15-18-8-6-17(7-9-18)12-13-28-26(32,33)14-19-10-11-21(30)23-24(19)35-25(31)29-23;;/h2-11,27-28,30,32-33H,12-16H2,1H3,(H,29,31);2*1H. The predicted molar refractivity (Wildman–Crippen MR) is 151 cm³/mol. The quantitative estimate of drug-likeness (QED) is 0.153. The van der Waals surface area contributed by atoms with E-state index in [9.17, 15) is 20.1 Å². The molecule has 6 N–H and O–H groups in total. The van der Waals surface area contributed by atoms with Crippen LogP contribution in [0.25, 0.3) is 10.2 Å². The van der Waals surface area contributed by atoms with Crippen molar-refractivity contribution in [3.63, 3.8) is 0 Å². The lowest BCUT2D eigenvalue weighted by Crippen LogP contribution is -2.47. The molecule has 0 bridgehead atoms.